The number of fused-ring (bicyclic) bond motifs is 1. The molecule has 1 aliphatic rings. The fraction of sp³-hybridized carbons (Fsp3) is 0.368. The summed E-state index contributed by atoms with van der Waals surface area (Å²) in [5.41, 5.74) is 2.99. The number of carbonyl (C=O) groups is 3. The highest BCUT2D eigenvalue weighted by molar-refractivity contribution is 6.11. The van der Waals surface area contributed by atoms with E-state index in [0.717, 1.165) is 11.4 Å². The molecule has 1 aliphatic heterocycles. The van der Waals surface area contributed by atoms with Gasteiger partial charge in [-0.3, -0.25) is 24.0 Å². The lowest BCUT2D eigenvalue weighted by molar-refractivity contribution is -0.154. The van der Waals surface area contributed by atoms with Crippen molar-refractivity contribution in [2.45, 2.75) is 39.8 Å². The predicted octanol–water partition coefficient (Wildman–Crippen LogP) is 1.81. The summed E-state index contributed by atoms with van der Waals surface area (Å²) >= 11 is 0. The van der Waals surface area contributed by atoms with E-state index in [0.29, 0.717) is 17.9 Å². The van der Waals surface area contributed by atoms with Gasteiger partial charge in [0.1, 0.15) is 6.54 Å². The minimum atomic E-state index is -0.989. The lowest BCUT2D eigenvalue weighted by atomic mass is 10.1. The van der Waals surface area contributed by atoms with Crippen LogP contribution in [0, 0.1) is 13.8 Å². The van der Waals surface area contributed by atoms with Gasteiger partial charge in [0.25, 0.3) is 5.91 Å². The number of aryl methyl sites for hydroxylation is 3. The number of ether oxygens (including phenoxy) is 1. The van der Waals surface area contributed by atoms with Crippen molar-refractivity contribution >= 4 is 29.2 Å². The molecule has 0 bridgehead atoms. The van der Waals surface area contributed by atoms with Gasteiger partial charge in [-0.1, -0.05) is 12.1 Å². The second-order valence-corrected chi connectivity index (χ2v) is 6.52. The third kappa shape index (κ3) is 4.16. The number of esters is 1. The molecule has 1 atom stereocenters. The number of anilines is 2. The van der Waals surface area contributed by atoms with E-state index >= 15 is 0 Å². The van der Waals surface area contributed by atoms with Gasteiger partial charge in [-0.15, -0.1) is 0 Å². The van der Waals surface area contributed by atoms with Gasteiger partial charge < -0.3 is 10.1 Å². The minimum absolute atomic E-state index is 0.108. The molecule has 2 aromatic rings. The highest BCUT2D eigenvalue weighted by atomic mass is 16.5. The maximum Gasteiger partial charge on any atom is 0.308 e. The maximum absolute atomic E-state index is 12.7. The van der Waals surface area contributed by atoms with E-state index in [9.17, 15) is 14.4 Å². The predicted molar refractivity (Wildman–Crippen MR) is 99.3 cm³/mol. The number of carbonyl (C=O) groups excluding carboxylic acids is 3. The summed E-state index contributed by atoms with van der Waals surface area (Å²) in [4.78, 5) is 38.1. The molecular formula is C19H22N4O4. The first kappa shape index (κ1) is 18.6. The SMILES string of the molecule is Cc1cc(C)n(CCC(=O)O[C@@H](C)C(=O)N2CC(=O)Nc3ccccc32)n1. The summed E-state index contributed by atoms with van der Waals surface area (Å²) in [6.45, 7) is 5.59. The first-order valence-corrected chi connectivity index (χ1v) is 8.76. The zero-order valence-corrected chi connectivity index (χ0v) is 15.6. The van der Waals surface area contributed by atoms with Gasteiger partial charge in [0.15, 0.2) is 6.10 Å². The molecule has 0 aliphatic carbocycles. The van der Waals surface area contributed by atoms with Crippen LogP contribution in [0.4, 0.5) is 11.4 Å². The zero-order valence-electron chi connectivity index (χ0n) is 15.6. The van der Waals surface area contributed by atoms with Crippen LogP contribution < -0.4 is 10.2 Å². The topological polar surface area (TPSA) is 93.5 Å². The second kappa shape index (κ2) is 7.61. The Hall–Kier alpha value is -3.16. The van der Waals surface area contributed by atoms with Crippen LogP contribution in [0.5, 0.6) is 0 Å². The Morgan fingerprint density at radius 2 is 2.04 bits per heavy atom. The number of aromatic nitrogens is 2. The molecule has 0 saturated carbocycles. The molecule has 0 fully saturated rings. The van der Waals surface area contributed by atoms with Gasteiger partial charge in [0.2, 0.25) is 5.91 Å². The number of hydrogen-bond donors (Lipinski definition) is 1. The molecule has 8 heteroatoms. The second-order valence-electron chi connectivity index (χ2n) is 6.52. The fourth-order valence-electron chi connectivity index (χ4n) is 3.05. The van der Waals surface area contributed by atoms with Crippen LogP contribution >= 0.6 is 0 Å². The van der Waals surface area contributed by atoms with E-state index < -0.39 is 18.0 Å². The Labute approximate surface area is 157 Å². The van der Waals surface area contributed by atoms with Gasteiger partial charge in [-0.2, -0.15) is 5.10 Å². The van der Waals surface area contributed by atoms with Crippen molar-refractivity contribution in [2.24, 2.45) is 0 Å². The summed E-state index contributed by atoms with van der Waals surface area (Å²) in [5, 5.41) is 7.01. The summed E-state index contributed by atoms with van der Waals surface area (Å²) in [7, 11) is 0. The largest absolute Gasteiger partial charge is 0.452 e. The molecule has 1 aromatic carbocycles. The molecule has 2 amide bonds. The Bertz CT molecular complexity index is 890. The minimum Gasteiger partial charge on any atom is -0.452 e. The van der Waals surface area contributed by atoms with Crippen LogP contribution in [0.3, 0.4) is 0 Å². The zero-order chi connectivity index (χ0) is 19.6. The first-order chi connectivity index (χ1) is 12.8. The molecule has 0 saturated heterocycles. The van der Waals surface area contributed by atoms with Crippen molar-refractivity contribution < 1.29 is 19.1 Å². The first-order valence-electron chi connectivity index (χ1n) is 8.76. The standard InChI is InChI=1S/C19H22N4O4/c1-12-10-13(2)23(21-12)9-8-18(25)27-14(3)19(26)22-11-17(24)20-15-6-4-5-7-16(15)22/h4-7,10,14H,8-9,11H2,1-3H3,(H,20,24)/t14-/m0/s1. The summed E-state index contributed by atoms with van der Waals surface area (Å²) in [6.07, 6.45) is -0.881. The normalized spacial score (nSPS) is 14.3. The molecule has 0 spiro atoms. The number of rotatable bonds is 5. The highest BCUT2D eigenvalue weighted by Crippen LogP contribution is 2.29. The van der Waals surface area contributed by atoms with Gasteiger partial charge >= 0.3 is 5.97 Å². The summed E-state index contributed by atoms with van der Waals surface area (Å²) < 4.78 is 7.01. The number of hydrogen-bond acceptors (Lipinski definition) is 5. The quantitative estimate of drug-likeness (QED) is 0.810. The van der Waals surface area contributed by atoms with Crippen LogP contribution in [0.1, 0.15) is 24.7 Å². The van der Waals surface area contributed by atoms with Gasteiger partial charge in [0.05, 0.1) is 30.0 Å². The van der Waals surface area contributed by atoms with Crippen LogP contribution in [0.15, 0.2) is 30.3 Å². The number of nitrogens with one attached hydrogen (secondary N) is 1. The number of benzene rings is 1. The maximum atomic E-state index is 12.7. The van der Waals surface area contributed by atoms with Crippen molar-refractivity contribution in [2.75, 3.05) is 16.8 Å². The molecule has 142 valence electrons. The third-order valence-electron chi connectivity index (χ3n) is 4.32. The van der Waals surface area contributed by atoms with Crippen molar-refractivity contribution in [3.63, 3.8) is 0 Å². The number of amides is 2. The Morgan fingerprint density at radius 1 is 1.30 bits per heavy atom. The smallest absolute Gasteiger partial charge is 0.308 e. The highest BCUT2D eigenvalue weighted by Gasteiger charge is 2.31. The fourth-order valence-corrected chi connectivity index (χ4v) is 3.05. The molecule has 0 radical (unpaired) electrons. The number of para-hydroxylation sites is 2. The lowest BCUT2D eigenvalue weighted by Crippen LogP contribution is -2.47. The molecule has 2 heterocycles. The summed E-state index contributed by atoms with van der Waals surface area (Å²) in [5.74, 6) is -1.21. The molecule has 1 aromatic heterocycles. The van der Waals surface area contributed by atoms with Gasteiger partial charge in [-0.05, 0) is 39.0 Å². The van der Waals surface area contributed by atoms with Gasteiger partial charge in [-0.25, -0.2) is 0 Å². The molecular weight excluding hydrogens is 348 g/mol. The lowest BCUT2D eigenvalue weighted by Gasteiger charge is -2.30. The van der Waals surface area contributed by atoms with Crippen LogP contribution in [-0.2, 0) is 25.7 Å². The molecule has 0 unspecified atom stereocenters. The molecule has 8 nitrogen and oxygen atoms in total. The van der Waals surface area contributed by atoms with Crippen molar-refractivity contribution in [1.82, 2.24) is 9.78 Å². The monoisotopic (exact) mass is 370 g/mol. The average Bonchev–Trinajstić information content (AvgIpc) is 2.95. The van der Waals surface area contributed by atoms with Gasteiger partial charge in [0, 0.05) is 5.69 Å². The van der Waals surface area contributed by atoms with E-state index in [-0.39, 0.29) is 18.9 Å². The molecule has 1 N–H and O–H groups in total. The van der Waals surface area contributed by atoms with Crippen molar-refractivity contribution in [1.29, 1.82) is 0 Å². The summed E-state index contributed by atoms with van der Waals surface area (Å²) in [6, 6.07) is 8.94. The Kier molecular flexibility index (Phi) is 5.25. The molecule has 3 rings (SSSR count). The average molecular weight is 370 g/mol. The Morgan fingerprint density at radius 3 is 2.74 bits per heavy atom. The van der Waals surface area contributed by atoms with Crippen LogP contribution in [-0.4, -0.2) is 40.2 Å². The van der Waals surface area contributed by atoms with E-state index in [1.54, 1.807) is 28.9 Å². The van der Waals surface area contributed by atoms with E-state index in [1.165, 1.54) is 11.8 Å². The van der Waals surface area contributed by atoms with Crippen LogP contribution in [0.25, 0.3) is 0 Å². The van der Waals surface area contributed by atoms with E-state index in [2.05, 4.69) is 10.4 Å². The molecule has 27 heavy (non-hydrogen) atoms. The van der Waals surface area contributed by atoms with Crippen molar-refractivity contribution in [3.05, 3.63) is 41.7 Å². The van der Waals surface area contributed by atoms with E-state index in [4.69, 9.17) is 4.74 Å². The van der Waals surface area contributed by atoms with E-state index in [1.807, 2.05) is 19.9 Å². The third-order valence-corrected chi connectivity index (χ3v) is 4.32. The number of nitrogens with zero attached hydrogens (tertiary/aromatic N) is 3. The van der Waals surface area contributed by atoms with Crippen LogP contribution in [0.2, 0.25) is 0 Å². The van der Waals surface area contributed by atoms with Crippen molar-refractivity contribution in [3.8, 4) is 0 Å². The Balaban J connectivity index is 1.61.